The second kappa shape index (κ2) is 5.80. The summed E-state index contributed by atoms with van der Waals surface area (Å²) in [6, 6.07) is 8.06. The zero-order chi connectivity index (χ0) is 12.3. The van der Waals surface area contributed by atoms with Crippen molar-refractivity contribution in [2.75, 3.05) is 38.5 Å². The van der Waals surface area contributed by atoms with Gasteiger partial charge in [-0.25, -0.2) is 0 Å². The molecule has 17 heavy (non-hydrogen) atoms. The Kier molecular flexibility index (Phi) is 4.36. The second-order valence-electron chi connectivity index (χ2n) is 4.23. The molecular weight excluding hydrogens is 298 g/mol. The highest BCUT2D eigenvalue weighted by molar-refractivity contribution is 9.10. The Morgan fingerprint density at radius 1 is 1.18 bits per heavy atom. The summed E-state index contributed by atoms with van der Waals surface area (Å²) in [6.07, 6.45) is 0. The number of thiocarbonyl (C=S) groups is 1. The first-order chi connectivity index (χ1) is 8.15. The van der Waals surface area contributed by atoms with E-state index in [0.29, 0.717) is 0 Å². The van der Waals surface area contributed by atoms with Crippen LogP contribution >= 0.6 is 28.1 Å². The average Bonchev–Trinajstić information content (AvgIpc) is 2.33. The van der Waals surface area contributed by atoms with Gasteiger partial charge in [-0.05, 0) is 43.5 Å². The molecule has 0 aromatic heterocycles. The molecule has 3 nitrogen and oxygen atoms in total. The van der Waals surface area contributed by atoms with Crippen molar-refractivity contribution in [3.8, 4) is 0 Å². The van der Waals surface area contributed by atoms with Crippen LogP contribution in [0.2, 0.25) is 0 Å². The van der Waals surface area contributed by atoms with Crippen molar-refractivity contribution in [3.63, 3.8) is 0 Å². The van der Waals surface area contributed by atoms with Crippen LogP contribution in [0.1, 0.15) is 0 Å². The predicted octanol–water partition coefficient (Wildman–Crippen LogP) is 2.39. The zero-order valence-electron chi connectivity index (χ0n) is 9.82. The van der Waals surface area contributed by atoms with E-state index in [1.54, 1.807) is 0 Å². The summed E-state index contributed by atoms with van der Waals surface area (Å²) in [5.74, 6) is 0. The molecule has 1 aliphatic rings. The molecule has 1 heterocycles. The third-order valence-corrected chi connectivity index (χ3v) is 3.77. The van der Waals surface area contributed by atoms with E-state index in [2.05, 4.69) is 38.1 Å². The Balaban J connectivity index is 1.90. The molecule has 0 amide bonds. The summed E-state index contributed by atoms with van der Waals surface area (Å²) in [7, 11) is 2.14. The molecule has 0 spiro atoms. The van der Waals surface area contributed by atoms with Gasteiger partial charge in [0.2, 0.25) is 0 Å². The first-order valence-corrected chi connectivity index (χ1v) is 6.85. The van der Waals surface area contributed by atoms with Crippen LogP contribution in [-0.2, 0) is 0 Å². The van der Waals surface area contributed by atoms with Gasteiger partial charge in [0.05, 0.1) is 0 Å². The molecule has 1 N–H and O–H groups in total. The van der Waals surface area contributed by atoms with Crippen LogP contribution in [0.3, 0.4) is 0 Å². The topological polar surface area (TPSA) is 18.5 Å². The van der Waals surface area contributed by atoms with Crippen molar-refractivity contribution >= 4 is 38.9 Å². The molecule has 0 atom stereocenters. The summed E-state index contributed by atoms with van der Waals surface area (Å²) in [5, 5.41) is 4.09. The van der Waals surface area contributed by atoms with Gasteiger partial charge >= 0.3 is 0 Å². The van der Waals surface area contributed by atoms with Crippen molar-refractivity contribution in [1.82, 2.24) is 9.80 Å². The lowest BCUT2D eigenvalue weighted by Gasteiger charge is -2.34. The summed E-state index contributed by atoms with van der Waals surface area (Å²) in [4.78, 5) is 4.54. The molecule has 1 aromatic rings. The van der Waals surface area contributed by atoms with Crippen LogP contribution in [0, 0.1) is 0 Å². The molecule has 0 radical (unpaired) electrons. The van der Waals surface area contributed by atoms with Gasteiger partial charge in [0, 0.05) is 36.3 Å². The summed E-state index contributed by atoms with van der Waals surface area (Å²) >= 11 is 8.83. The Morgan fingerprint density at radius 3 is 2.35 bits per heavy atom. The third-order valence-electron chi connectivity index (χ3n) is 2.89. The van der Waals surface area contributed by atoms with Gasteiger partial charge in [-0.15, -0.1) is 0 Å². The van der Waals surface area contributed by atoms with E-state index < -0.39 is 0 Å². The lowest BCUT2D eigenvalue weighted by atomic mass is 10.3. The molecule has 92 valence electrons. The predicted molar refractivity (Wildman–Crippen MR) is 79.4 cm³/mol. The average molecular weight is 314 g/mol. The molecule has 0 unspecified atom stereocenters. The Bertz CT molecular complexity index is 385. The molecule has 0 bridgehead atoms. The van der Waals surface area contributed by atoms with Gasteiger partial charge in [-0.2, -0.15) is 0 Å². The Morgan fingerprint density at radius 2 is 1.76 bits per heavy atom. The zero-order valence-corrected chi connectivity index (χ0v) is 12.2. The molecule has 0 aliphatic carbocycles. The Labute approximate surface area is 116 Å². The number of anilines is 1. The maximum Gasteiger partial charge on any atom is 0.173 e. The van der Waals surface area contributed by atoms with E-state index in [1.807, 2.05) is 24.3 Å². The third kappa shape index (κ3) is 3.66. The van der Waals surface area contributed by atoms with Crippen LogP contribution in [0.25, 0.3) is 0 Å². The number of halogens is 1. The standard InChI is InChI=1S/C12H16BrN3S/c1-15-6-8-16(9-7-15)12(17)14-11-4-2-10(13)3-5-11/h2-5H,6-9H2,1H3,(H,14,17). The summed E-state index contributed by atoms with van der Waals surface area (Å²) in [5.41, 5.74) is 1.04. The maximum absolute atomic E-state index is 5.41. The molecule has 1 fully saturated rings. The van der Waals surface area contributed by atoms with E-state index in [4.69, 9.17) is 12.2 Å². The largest absolute Gasteiger partial charge is 0.346 e. The van der Waals surface area contributed by atoms with Crippen molar-refractivity contribution in [2.45, 2.75) is 0 Å². The van der Waals surface area contributed by atoms with Crippen molar-refractivity contribution < 1.29 is 0 Å². The first kappa shape index (κ1) is 12.8. The molecule has 2 rings (SSSR count). The molecule has 1 aromatic carbocycles. The van der Waals surface area contributed by atoms with Crippen molar-refractivity contribution in [3.05, 3.63) is 28.7 Å². The number of hydrogen-bond acceptors (Lipinski definition) is 2. The van der Waals surface area contributed by atoms with Crippen LogP contribution in [0.5, 0.6) is 0 Å². The fraction of sp³-hybridized carbons (Fsp3) is 0.417. The lowest BCUT2D eigenvalue weighted by molar-refractivity contribution is 0.217. The first-order valence-electron chi connectivity index (χ1n) is 5.65. The monoisotopic (exact) mass is 313 g/mol. The number of likely N-dealkylation sites (N-methyl/N-ethyl adjacent to an activating group) is 1. The molecular formula is C12H16BrN3S. The van der Waals surface area contributed by atoms with E-state index >= 15 is 0 Å². The van der Waals surface area contributed by atoms with Crippen molar-refractivity contribution in [1.29, 1.82) is 0 Å². The van der Waals surface area contributed by atoms with Crippen LogP contribution in [-0.4, -0.2) is 48.1 Å². The summed E-state index contributed by atoms with van der Waals surface area (Å²) < 4.78 is 1.08. The van der Waals surface area contributed by atoms with Gasteiger partial charge in [0.25, 0.3) is 0 Å². The number of hydrogen-bond donors (Lipinski definition) is 1. The van der Waals surface area contributed by atoms with Gasteiger partial charge in [0.1, 0.15) is 0 Å². The fourth-order valence-corrected chi connectivity index (χ4v) is 2.31. The molecule has 1 saturated heterocycles. The molecule has 0 saturated carbocycles. The van der Waals surface area contributed by atoms with Crippen molar-refractivity contribution in [2.24, 2.45) is 0 Å². The van der Waals surface area contributed by atoms with Crippen LogP contribution in [0.15, 0.2) is 28.7 Å². The molecule has 1 aliphatic heterocycles. The summed E-state index contributed by atoms with van der Waals surface area (Å²) in [6.45, 7) is 4.14. The molecule has 5 heteroatoms. The minimum atomic E-state index is 0.820. The smallest absolute Gasteiger partial charge is 0.173 e. The Hall–Kier alpha value is -0.650. The number of benzene rings is 1. The van der Waals surface area contributed by atoms with Crippen LogP contribution in [0.4, 0.5) is 5.69 Å². The highest BCUT2D eigenvalue weighted by Crippen LogP contribution is 2.15. The van der Waals surface area contributed by atoms with Crippen LogP contribution < -0.4 is 5.32 Å². The van der Waals surface area contributed by atoms with Gasteiger partial charge in [0.15, 0.2) is 5.11 Å². The number of rotatable bonds is 1. The highest BCUT2D eigenvalue weighted by atomic mass is 79.9. The minimum absolute atomic E-state index is 0.820. The van der Waals surface area contributed by atoms with Gasteiger partial charge < -0.3 is 15.1 Å². The number of nitrogens with one attached hydrogen (secondary N) is 1. The SMILES string of the molecule is CN1CCN(C(=S)Nc2ccc(Br)cc2)CC1. The quantitative estimate of drug-likeness (QED) is 0.802. The minimum Gasteiger partial charge on any atom is -0.346 e. The lowest BCUT2D eigenvalue weighted by Crippen LogP contribution is -2.48. The fourth-order valence-electron chi connectivity index (χ4n) is 1.75. The number of piperazine rings is 1. The van der Waals surface area contributed by atoms with Gasteiger partial charge in [-0.3, -0.25) is 0 Å². The van der Waals surface area contributed by atoms with E-state index in [9.17, 15) is 0 Å². The maximum atomic E-state index is 5.41. The highest BCUT2D eigenvalue weighted by Gasteiger charge is 2.15. The number of nitrogens with zero attached hydrogens (tertiary/aromatic N) is 2. The van der Waals surface area contributed by atoms with E-state index in [0.717, 1.165) is 41.5 Å². The van der Waals surface area contributed by atoms with Gasteiger partial charge in [-0.1, -0.05) is 15.9 Å². The van der Waals surface area contributed by atoms with E-state index in [1.165, 1.54) is 0 Å². The normalized spacial score (nSPS) is 16.9. The van der Waals surface area contributed by atoms with E-state index in [-0.39, 0.29) is 0 Å². The second-order valence-corrected chi connectivity index (χ2v) is 5.53.